The van der Waals surface area contributed by atoms with Crippen LogP contribution >= 0.6 is 0 Å². The Balaban J connectivity index is 3.87. The molecule has 0 rings (SSSR count). The largest absolute Gasteiger partial charge is 0.394 e. The summed E-state index contributed by atoms with van der Waals surface area (Å²) in [5.41, 5.74) is 0. The van der Waals surface area contributed by atoms with Crippen LogP contribution in [-0.2, 0) is 0 Å². The zero-order chi connectivity index (χ0) is 10.4. The smallest absolute Gasteiger partial charge is 0.315 e. The highest BCUT2D eigenvalue weighted by atomic mass is 16.3. The van der Waals surface area contributed by atoms with E-state index in [-0.39, 0.29) is 30.6 Å². The van der Waals surface area contributed by atoms with Gasteiger partial charge in [-0.05, 0) is 19.8 Å². The number of hydrogen-bond donors (Lipinski definition) is 3. The number of rotatable bonds is 4. The molecule has 3 N–H and O–H groups in total. The van der Waals surface area contributed by atoms with Crippen LogP contribution in [0.15, 0.2) is 0 Å². The van der Waals surface area contributed by atoms with Crippen LogP contribution in [0.4, 0.5) is 4.79 Å². The van der Waals surface area contributed by atoms with Crippen molar-refractivity contribution >= 4 is 6.03 Å². The van der Waals surface area contributed by atoms with Crippen molar-refractivity contribution in [1.82, 2.24) is 10.6 Å². The van der Waals surface area contributed by atoms with Gasteiger partial charge in [-0.3, -0.25) is 0 Å². The molecule has 0 saturated carbocycles. The summed E-state index contributed by atoms with van der Waals surface area (Å²) < 4.78 is 0. The maximum Gasteiger partial charge on any atom is 0.315 e. The zero-order valence-electron chi connectivity index (χ0n) is 8.79. The second-order valence-corrected chi connectivity index (χ2v) is 3.81. The molecule has 0 bridgehead atoms. The van der Waals surface area contributed by atoms with Crippen molar-refractivity contribution < 1.29 is 9.90 Å². The van der Waals surface area contributed by atoms with Gasteiger partial charge in [-0.1, -0.05) is 13.8 Å². The molecule has 0 radical (unpaired) electrons. The molecule has 78 valence electrons. The van der Waals surface area contributed by atoms with Crippen molar-refractivity contribution in [1.29, 1.82) is 0 Å². The molecule has 0 saturated heterocycles. The molecule has 13 heavy (non-hydrogen) atoms. The number of hydrogen-bond acceptors (Lipinski definition) is 2. The number of nitrogens with one attached hydrogen (secondary N) is 2. The van der Waals surface area contributed by atoms with Crippen LogP contribution in [0.2, 0.25) is 0 Å². The number of aliphatic hydroxyl groups excluding tert-OH is 1. The second kappa shape index (κ2) is 5.80. The Bertz CT molecular complexity index is 158. The molecule has 0 fully saturated rings. The minimum absolute atomic E-state index is 0.0246. The molecule has 4 nitrogen and oxygen atoms in total. The van der Waals surface area contributed by atoms with Crippen molar-refractivity contribution in [3.63, 3.8) is 0 Å². The lowest BCUT2D eigenvalue weighted by atomic mass is 10.1. The van der Waals surface area contributed by atoms with Crippen molar-refractivity contribution in [3.05, 3.63) is 0 Å². The van der Waals surface area contributed by atoms with Crippen LogP contribution in [0, 0.1) is 5.92 Å². The van der Waals surface area contributed by atoms with Crippen molar-refractivity contribution in [2.45, 2.75) is 39.8 Å². The molecule has 1 atom stereocenters. The van der Waals surface area contributed by atoms with E-state index in [0.29, 0.717) is 0 Å². The van der Waals surface area contributed by atoms with Crippen LogP contribution in [0.3, 0.4) is 0 Å². The van der Waals surface area contributed by atoms with E-state index in [0.717, 1.165) is 0 Å². The standard InChI is InChI=1S/C9H20N2O2/c1-6(2)8(5-12)11-9(13)10-7(3)4/h6-8,12H,5H2,1-4H3,(H2,10,11,13)/t8-/m1/s1. The third kappa shape index (κ3) is 5.47. The SMILES string of the molecule is CC(C)NC(=O)N[C@H](CO)C(C)C. The van der Waals surface area contributed by atoms with Gasteiger partial charge in [0.15, 0.2) is 0 Å². The topological polar surface area (TPSA) is 61.4 Å². The predicted octanol–water partition coefficient (Wildman–Crippen LogP) is 0.711. The van der Waals surface area contributed by atoms with E-state index in [1.54, 1.807) is 0 Å². The minimum Gasteiger partial charge on any atom is -0.394 e. The van der Waals surface area contributed by atoms with E-state index in [9.17, 15) is 4.79 Å². The van der Waals surface area contributed by atoms with E-state index in [4.69, 9.17) is 5.11 Å². The highest BCUT2D eigenvalue weighted by Gasteiger charge is 2.14. The average molecular weight is 188 g/mol. The first-order chi connectivity index (χ1) is 5.97. The second-order valence-electron chi connectivity index (χ2n) is 3.81. The van der Waals surface area contributed by atoms with Crippen LogP contribution in [0.1, 0.15) is 27.7 Å². The van der Waals surface area contributed by atoms with Crippen LogP contribution in [0.25, 0.3) is 0 Å². The van der Waals surface area contributed by atoms with Gasteiger partial charge in [0.1, 0.15) is 0 Å². The van der Waals surface area contributed by atoms with Gasteiger partial charge in [0, 0.05) is 6.04 Å². The number of amides is 2. The summed E-state index contributed by atoms with van der Waals surface area (Å²) in [6, 6.07) is -0.270. The summed E-state index contributed by atoms with van der Waals surface area (Å²) in [5, 5.41) is 14.3. The molecule has 0 aliphatic carbocycles. The number of aliphatic hydroxyl groups is 1. The average Bonchev–Trinajstić information content (AvgIpc) is 1.98. The Morgan fingerprint density at radius 3 is 2.08 bits per heavy atom. The Morgan fingerprint density at radius 1 is 1.23 bits per heavy atom. The minimum atomic E-state index is -0.220. The Kier molecular flexibility index (Phi) is 5.46. The van der Waals surface area contributed by atoms with Gasteiger partial charge in [-0.15, -0.1) is 0 Å². The summed E-state index contributed by atoms with van der Waals surface area (Å²) in [6.07, 6.45) is 0. The summed E-state index contributed by atoms with van der Waals surface area (Å²) in [5.74, 6) is 0.239. The van der Waals surface area contributed by atoms with E-state index in [1.165, 1.54) is 0 Å². The molecule has 0 aliphatic rings. The van der Waals surface area contributed by atoms with Crippen molar-refractivity contribution in [2.75, 3.05) is 6.61 Å². The molecule has 0 aromatic carbocycles. The first-order valence-electron chi connectivity index (χ1n) is 4.65. The fourth-order valence-corrected chi connectivity index (χ4v) is 0.895. The highest BCUT2D eigenvalue weighted by molar-refractivity contribution is 5.74. The van der Waals surface area contributed by atoms with Gasteiger partial charge in [0.25, 0.3) is 0 Å². The van der Waals surface area contributed by atoms with Crippen LogP contribution in [-0.4, -0.2) is 29.8 Å². The summed E-state index contributed by atoms with van der Waals surface area (Å²) >= 11 is 0. The molecule has 0 unspecified atom stereocenters. The molecule has 4 heteroatoms. The summed E-state index contributed by atoms with van der Waals surface area (Å²) in [7, 11) is 0. The van der Waals surface area contributed by atoms with Gasteiger partial charge in [-0.2, -0.15) is 0 Å². The lowest BCUT2D eigenvalue weighted by Gasteiger charge is -2.20. The Labute approximate surface area is 79.7 Å². The maximum absolute atomic E-state index is 11.2. The quantitative estimate of drug-likeness (QED) is 0.608. The highest BCUT2D eigenvalue weighted by Crippen LogP contribution is 1.99. The fourth-order valence-electron chi connectivity index (χ4n) is 0.895. The zero-order valence-corrected chi connectivity index (χ0v) is 8.79. The number of urea groups is 1. The van der Waals surface area contributed by atoms with Gasteiger partial charge >= 0.3 is 6.03 Å². The van der Waals surface area contributed by atoms with E-state index in [2.05, 4.69) is 10.6 Å². The van der Waals surface area contributed by atoms with Gasteiger partial charge in [0.05, 0.1) is 12.6 Å². The summed E-state index contributed by atoms with van der Waals surface area (Å²) in [6.45, 7) is 7.67. The van der Waals surface area contributed by atoms with Crippen LogP contribution < -0.4 is 10.6 Å². The molecule has 0 aromatic rings. The normalized spacial score (nSPS) is 13.2. The van der Waals surface area contributed by atoms with E-state index in [1.807, 2.05) is 27.7 Å². The third-order valence-corrected chi connectivity index (χ3v) is 1.74. The third-order valence-electron chi connectivity index (χ3n) is 1.74. The lowest BCUT2D eigenvalue weighted by molar-refractivity contribution is 0.197. The van der Waals surface area contributed by atoms with Gasteiger partial charge in [0.2, 0.25) is 0 Å². The molecule has 0 spiro atoms. The van der Waals surface area contributed by atoms with Gasteiger partial charge in [-0.25, -0.2) is 4.79 Å². The van der Waals surface area contributed by atoms with Gasteiger partial charge < -0.3 is 15.7 Å². The summed E-state index contributed by atoms with van der Waals surface area (Å²) in [4.78, 5) is 11.2. The first kappa shape index (κ1) is 12.2. The molecule has 0 heterocycles. The molecular weight excluding hydrogens is 168 g/mol. The molecule has 0 aromatic heterocycles. The Hall–Kier alpha value is -0.770. The van der Waals surface area contributed by atoms with E-state index >= 15 is 0 Å². The molecular formula is C9H20N2O2. The maximum atomic E-state index is 11.2. The first-order valence-corrected chi connectivity index (χ1v) is 4.65. The van der Waals surface area contributed by atoms with Crippen molar-refractivity contribution in [2.24, 2.45) is 5.92 Å². The molecule has 0 aliphatic heterocycles. The monoisotopic (exact) mass is 188 g/mol. The van der Waals surface area contributed by atoms with Crippen molar-refractivity contribution in [3.8, 4) is 0 Å². The predicted molar refractivity (Wildman–Crippen MR) is 52.5 cm³/mol. The van der Waals surface area contributed by atoms with E-state index < -0.39 is 0 Å². The Morgan fingerprint density at radius 2 is 1.77 bits per heavy atom. The lowest BCUT2D eigenvalue weighted by Crippen LogP contribution is -2.48. The van der Waals surface area contributed by atoms with Crippen LogP contribution in [0.5, 0.6) is 0 Å². The number of carbonyl (C=O) groups is 1. The molecule has 2 amide bonds. The number of carbonyl (C=O) groups excluding carboxylic acids is 1. The fraction of sp³-hybridized carbons (Fsp3) is 0.889.